The van der Waals surface area contributed by atoms with Gasteiger partial charge in [-0.1, -0.05) is 122 Å². The molecule has 0 aliphatic carbocycles. The Morgan fingerprint density at radius 1 is 0.692 bits per heavy atom. The number of hydrogen-bond acceptors (Lipinski definition) is 8. The fraction of sp³-hybridized carbons (Fsp3) is 0.474. The second kappa shape index (κ2) is 18.1. The van der Waals surface area contributed by atoms with Crippen LogP contribution in [-0.2, 0) is 22.7 Å². The zero-order valence-electron chi connectivity index (χ0n) is 29.8. The number of rotatable bonds is 15. The quantitative estimate of drug-likeness (QED) is 0.0915. The Bertz CT molecular complexity index is 1690. The molecule has 10 nitrogen and oxygen atoms in total. The first-order valence-corrected chi connectivity index (χ1v) is 22.3. The molecular weight excluding hydrogens is 824 g/mol. The molecule has 2 aromatic heterocycles. The van der Waals surface area contributed by atoms with Crippen molar-refractivity contribution in [1.29, 1.82) is 0 Å². The molecule has 2 amide bonds. The van der Waals surface area contributed by atoms with Gasteiger partial charge in [0.2, 0.25) is 11.8 Å². The lowest BCUT2D eigenvalue weighted by Gasteiger charge is -2.38. The van der Waals surface area contributed by atoms with E-state index in [0.717, 1.165) is 81.9 Å². The molecule has 6 rings (SSSR count). The first kappa shape index (κ1) is 39.1. The summed E-state index contributed by atoms with van der Waals surface area (Å²) < 4.78 is 6.29. The van der Waals surface area contributed by atoms with Crippen molar-refractivity contribution in [3.05, 3.63) is 81.5 Å². The Balaban J connectivity index is 1.06. The van der Waals surface area contributed by atoms with Crippen LogP contribution in [0.5, 0.6) is 0 Å². The van der Waals surface area contributed by atoms with Crippen molar-refractivity contribution in [3.8, 4) is 22.5 Å². The van der Waals surface area contributed by atoms with Crippen LogP contribution in [0.15, 0.2) is 69.9 Å². The summed E-state index contributed by atoms with van der Waals surface area (Å²) in [6, 6.07) is 18.6. The van der Waals surface area contributed by atoms with Crippen LogP contribution < -0.4 is 11.5 Å². The summed E-state index contributed by atoms with van der Waals surface area (Å²) in [6.45, 7) is 6.77. The molecule has 278 valence electrons. The van der Waals surface area contributed by atoms with Crippen LogP contribution in [0.25, 0.3) is 22.5 Å². The molecule has 52 heavy (non-hydrogen) atoms. The second-order valence-electron chi connectivity index (χ2n) is 13.4. The van der Waals surface area contributed by atoms with E-state index in [9.17, 15) is 9.59 Å². The van der Waals surface area contributed by atoms with Crippen LogP contribution in [0, 0.1) is 0 Å². The molecule has 4 atom stereocenters. The number of amides is 2. The van der Waals surface area contributed by atoms with Crippen LogP contribution in [0.4, 0.5) is 0 Å². The SMILES string of the molecule is CCCCC1c2nc(-c3ccccc3)c(Br)n2CCN1C(=O)C(N)CSSCC(N)C(=O)N1CCn2c(nc(-c3ccccc3)c2Br)C1CCCC. The lowest BCUT2D eigenvalue weighted by atomic mass is 10.0. The molecule has 4 N–H and O–H groups in total. The fourth-order valence-electron chi connectivity index (χ4n) is 7.10. The van der Waals surface area contributed by atoms with Crippen molar-refractivity contribution in [1.82, 2.24) is 28.9 Å². The Labute approximate surface area is 331 Å². The van der Waals surface area contributed by atoms with Crippen LogP contribution in [0.3, 0.4) is 0 Å². The van der Waals surface area contributed by atoms with Gasteiger partial charge in [-0.2, -0.15) is 0 Å². The van der Waals surface area contributed by atoms with Crippen molar-refractivity contribution < 1.29 is 9.59 Å². The topological polar surface area (TPSA) is 128 Å². The number of imidazole rings is 2. The predicted molar refractivity (Wildman–Crippen MR) is 220 cm³/mol. The number of benzene rings is 2. The molecule has 0 fully saturated rings. The van der Waals surface area contributed by atoms with E-state index in [1.54, 1.807) is 0 Å². The highest BCUT2D eigenvalue weighted by atomic mass is 79.9. The third-order valence-electron chi connectivity index (χ3n) is 9.88. The minimum absolute atomic E-state index is 0.0650. The summed E-state index contributed by atoms with van der Waals surface area (Å²) in [6.07, 6.45) is 5.66. The number of aromatic nitrogens is 4. The Kier molecular flexibility index (Phi) is 13.6. The van der Waals surface area contributed by atoms with Crippen molar-refractivity contribution in [2.24, 2.45) is 11.5 Å². The summed E-state index contributed by atoms with van der Waals surface area (Å²) in [5.41, 5.74) is 17.0. The van der Waals surface area contributed by atoms with Gasteiger partial charge in [-0.3, -0.25) is 9.59 Å². The lowest BCUT2D eigenvalue weighted by molar-refractivity contribution is -0.136. The van der Waals surface area contributed by atoms with Gasteiger partial charge in [-0.15, -0.1) is 0 Å². The van der Waals surface area contributed by atoms with E-state index in [-0.39, 0.29) is 23.9 Å². The minimum atomic E-state index is -0.677. The number of fused-ring (bicyclic) bond motifs is 2. The van der Waals surface area contributed by atoms with Crippen molar-refractivity contribution in [2.75, 3.05) is 24.6 Å². The van der Waals surface area contributed by atoms with Gasteiger partial charge in [0.1, 0.15) is 32.2 Å². The highest BCUT2D eigenvalue weighted by molar-refractivity contribution is 9.10. The molecule has 4 unspecified atom stereocenters. The van der Waals surface area contributed by atoms with E-state index in [0.29, 0.717) is 37.7 Å². The smallest absolute Gasteiger partial charge is 0.241 e. The first-order valence-electron chi connectivity index (χ1n) is 18.2. The average molecular weight is 873 g/mol. The molecule has 14 heteroatoms. The monoisotopic (exact) mass is 870 g/mol. The van der Waals surface area contributed by atoms with Crippen LogP contribution in [-0.4, -0.2) is 77.4 Å². The predicted octanol–water partition coefficient (Wildman–Crippen LogP) is 7.82. The molecule has 0 spiro atoms. The number of hydrogen-bond donors (Lipinski definition) is 2. The van der Waals surface area contributed by atoms with Crippen molar-refractivity contribution >= 4 is 65.3 Å². The highest BCUT2D eigenvalue weighted by Crippen LogP contribution is 2.39. The van der Waals surface area contributed by atoms with E-state index in [4.69, 9.17) is 21.4 Å². The molecule has 4 aromatic rings. The summed E-state index contributed by atoms with van der Waals surface area (Å²) in [4.78, 5) is 41.7. The zero-order chi connectivity index (χ0) is 36.8. The Hall–Kier alpha value is -2.62. The lowest BCUT2D eigenvalue weighted by Crippen LogP contribution is -2.50. The Morgan fingerprint density at radius 3 is 1.44 bits per heavy atom. The van der Waals surface area contributed by atoms with Crippen LogP contribution >= 0.6 is 53.4 Å². The third-order valence-corrected chi connectivity index (χ3v) is 14.0. The number of nitrogens with two attached hydrogens (primary N) is 2. The number of carbonyl (C=O) groups is 2. The maximum Gasteiger partial charge on any atom is 0.241 e. The minimum Gasteiger partial charge on any atom is -0.329 e. The molecule has 0 bridgehead atoms. The van der Waals surface area contributed by atoms with Gasteiger partial charge in [0.25, 0.3) is 0 Å². The normalized spacial score (nSPS) is 18.2. The maximum atomic E-state index is 13.9. The summed E-state index contributed by atoms with van der Waals surface area (Å²) in [7, 11) is 3.01. The number of carbonyl (C=O) groups excluding carboxylic acids is 2. The van der Waals surface area contributed by atoms with E-state index >= 15 is 0 Å². The Morgan fingerprint density at radius 2 is 1.08 bits per heavy atom. The molecular formula is C38H48Br2N8O2S2. The van der Waals surface area contributed by atoms with E-state index in [1.165, 1.54) is 21.6 Å². The zero-order valence-corrected chi connectivity index (χ0v) is 34.6. The maximum absolute atomic E-state index is 13.9. The van der Waals surface area contributed by atoms with Crippen LogP contribution in [0.1, 0.15) is 76.1 Å². The summed E-state index contributed by atoms with van der Waals surface area (Å²) in [5.74, 6) is 2.52. The summed E-state index contributed by atoms with van der Waals surface area (Å²) >= 11 is 7.60. The van der Waals surface area contributed by atoms with Gasteiger partial charge in [0.05, 0.1) is 24.2 Å². The van der Waals surface area contributed by atoms with E-state index in [1.807, 2.05) is 46.2 Å². The molecule has 0 radical (unpaired) electrons. The number of unbranched alkanes of at least 4 members (excludes halogenated alkanes) is 2. The van der Waals surface area contributed by atoms with Gasteiger partial charge < -0.3 is 30.4 Å². The standard InChI is InChI=1S/C38H48Br2N8O2S2/c1-3-5-17-29-35-43-31(25-13-9-7-10-14-25)33(39)47(35)21-19-45(29)37(49)27(41)23-51-52-24-28(42)38(50)46-20-22-48-34(40)32(26-15-11-8-12-16-26)44-36(48)30(46)18-6-4-2/h7-16,27-30H,3-6,17-24,41-42H2,1-2H3. The van der Waals surface area contributed by atoms with Crippen molar-refractivity contribution in [3.63, 3.8) is 0 Å². The van der Waals surface area contributed by atoms with Crippen LogP contribution in [0.2, 0.25) is 0 Å². The van der Waals surface area contributed by atoms with Crippen molar-refractivity contribution in [2.45, 2.75) is 89.6 Å². The van der Waals surface area contributed by atoms with Gasteiger partial charge in [0.15, 0.2) is 0 Å². The molecule has 2 aliphatic heterocycles. The second-order valence-corrected chi connectivity index (χ2v) is 17.5. The molecule has 4 heterocycles. The third kappa shape index (κ3) is 8.37. The van der Waals surface area contributed by atoms with Gasteiger partial charge in [-0.05, 0) is 44.7 Å². The van der Waals surface area contributed by atoms with E-state index < -0.39 is 12.1 Å². The molecule has 2 aliphatic rings. The highest BCUT2D eigenvalue weighted by Gasteiger charge is 2.38. The number of halogens is 2. The van der Waals surface area contributed by atoms with Gasteiger partial charge in [-0.25, -0.2) is 9.97 Å². The number of nitrogens with zero attached hydrogens (tertiary/aromatic N) is 6. The fourth-order valence-corrected chi connectivity index (χ4v) is 10.7. The molecule has 0 saturated heterocycles. The average Bonchev–Trinajstić information content (AvgIpc) is 3.70. The first-order chi connectivity index (χ1) is 25.2. The van der Waals surface area contributed by atoms with Gasteiger partial charge in [0, 0.05) is 48.8 Å². The largest absolute Gasteiger partial charge is 0.329 e. The van der Waals surface area contributed by atoms with E-state index in [2.05, 4.69) is 79.1 Å². The molecule has 0 saturated carbocycles. The molecule has 2 aromatic carbocycles. The van der Waals surface area contributed by atoms with Gasteiger partial charge >= 0.3 is 0 Å². The summed E-state index contributed by atoms with van der Waals surface area (Å²) in [5, 5.41) is 0.